The number of rotatable bonds is 5. The number of hydrogen-bond donors (Lipinski definition) is 5. The van der Waals surface area contributed by atoms with Crippen LogP contribution < -0.4 is 11.2 Å². The second-order valence-electron chi connectivity index (χ2n) is 7.33. The number of nitrogens with one attached hydrogen (secondary N) is 1. The normalized spacial score (nSPS) is 31.3. The molecule has 6 N–H and O–H groups in total. The van der Waals surface area contributed by atoms with Crippen molar-refractivity contribution in [2.75, 3.05) is 12.3 Å². The number of aliphatic hydroxyl groups is 3. The highest BCUT2D eigenvalue weighted by molar-refractivity contribution is 5.81. The molecule has 152 valence electrons. The van der Waals surface area contributed by atoms with Crippen molar-refractivity contribution in [2.24, 2.45) is 5.10 Å². The van der Waals surface area contributed by atoms with Gasteiger partial charge >= 0.3 is 0 Å². The smallest absolute Gasteiger partial charge is 0.270 e. The molecule has 2 fully saturated rings. The molecule has 1 saturated carbocycles. The fourth-order valence-electron chi connectivity index (χ4n) is 4.13. The van der Waals surface area contributed by atoms with Crippen LogP contribution >= 0.6 is 0 Å². The Kier molecular flexibility index (Phi) is 4.91. The van der Waals surface area contributed by atoms with Gasteiger partial charge in [-0.25, -0.2) is 15.0 Å². The van der Waals surface area contributed by atoms with Crippen LogP contribution in [-0.4, -0.2) is 66.5 Å². The zero-order valence-corrected chi connectivity index (χ0v) is 15.4. The molecule has 11 heteroatoms. The summed E-state index contributed by atoms with van der Waals surface area (Å²) in [5, 5.41) is 34.1. The van der Waals surface area contributed by atoms with Crippen LogP contribution in [0.1, 0.15) is 43.8 Å². The lowest BCUT2D eigenvalue weighted by Gasteiger charge is -2.32. The van der Waals surface area contributed by atoms with Gasteiger partial charge in [-0.1, -0.05) is 19.3 Å². The van der Waals surface area contributed by atoms with E-state index in [-0.39, 0.29) is 11.7 Å². The highest BCUT2D eigenvalue weighted by atomic mass is 16.6. The topological polar surface area (TPSA) is 164 Å². The summed E-state index contributed by atoms with van der Waals surface area (Å²) in [5.41, 5.74) is 9.43. The highest BCUT2D eigenvalue weighted by Crippen LogP contribution is 2.37. The summed E-state index contributed by atoms with van der Waals surface area (Å²) in [5.74, 6) is -0.679. The van der Waals surface area contributed by atoms with Gasteiger partial charge in [0, 0.05) is 12.6 Å². The molecule has 1 aliphatic heterocycles. The summed E-state index contributed by atoms with van der Waals surface area (Å²) in [7, 11) is 0. The van der Waals surface area contributed by atoms with Gasteiger partial charge < -0.3 is 25.8 Å². The molecular formula is C17H25N7O4. The third-order valence-electron chi connectivity index (χ3n) is 5.62. The average molecular weight is 391 g/mol. The molecule has 0 radical (unpaired) electrons. The maximum Gasteiger partial charge on any atom is 0.270 e. The number of nitrogen functional groups attached to an aromatic ring is 1. The number of nitrogens with two attached hydrogens (primary N) is 1. The van der Waals surface area contributed by atoms with E-state index in [1.807, 2.05) is 0 Å². The molecule has 0 amide bonds. The number of imidazole rings is 1. The Bertz CT molecular complexity index is 869. The van der Waals surface area contributed by atoms with Crippen molar-refractivity contribution in [1.82, 2.24) is 24.9 Å². The summed E-state index contributed by atoms with van der Waals surface area (Å²) >= 11 is 0. The monoisotopic (exact) mass is 391 g/mol. The molecule has 0 unspecified atom stereocenters. The molecule has 4 rings (SSSR count). The summed E-state index contributed by atoms with van der Waals surface area (Å²) in [6.45, 7) is 2.90. The van der Waals surface area contributed by atoms with Crippen molar-refractivity contribution in [3.8, 4) is 0 Å². The molecule has 0 bridgehead atoms. The second kappa shape index (κ2) is 7.24. The zero-order chi connectivity index (χ0) is 19.9. The fraction of sp³-hybridized carbons (Fsp3) is 0.647. The van der Waals surface area contributed by atoms with Gasteiger partial charge in [0.25, 0.3) is 5.85 Å². The number of aromatic nitrogens is 4. The van der Waals surface area contributed by atoms with Crippen molar-refractivity contribution in [2.45, 2.75) is 62.2 Å². The molecular weight excluding hydrogens is 366 g/mol. The highest BCUT2D eigenvalue weighted by Gasteiger charge is 2.56. The van der Waals surface area contributed by atoms with Crippen LogP contribution in [0.2, 0.25) is 0 Å². The van der Waals surface area contributed by atoms with Crippen LogP contribution in [-0.2, 0) is 10.6 Å². The largest absolute Gasteiger partial charge is 0.394 e. The van der Waals surface area contributed by atoms with Gasteiger partial charge in [0.05, 0.1) is 6.61 Å². The van der Waals surface area contributed by atoms with Crippen LogP contribution in [0, 0.1) is 0 Å². The first kappa shape index (κ1) is 19.0. The number of fused-ring (bicyclic) bond motifs is 1. The van der Waals surface area contributed by atoms with Gasteiger partial charge in [-0.15, -0.1) is 0 Å². The van der Waals surface area contributed by atoms with Crippen molar-refractivity contribution in [3.05, 3.63) is 12.2 Å². The Morgan fingerprint density at radius 3 is 2.71 bits per heavy atom. The summed E-state index contributed by atoms with van der Waals surface area (Å²) in [4.78, 5) is 13.4. The first-order chi connectivity index (χ1) is 13.5. The lowest BCUT2D eigenvalue weighted by Crippen LogP contribution is -2.54. The van der Waals surface area contributed by atoms with Gasteiger partial charge in [-0.05, 0) is 12.8 Å². The Hall–Kier alpha value is -2.34. The third kappa shape index (κ3) is 2.82. The maximum atomic E-state index is 10.7. The van der Waals surface area contributed by atoms with Crippen LogP contribution in [0.5, 0.6) is 0 Å². The van der Waals surface area contributed by atoms with Gasteiger partial charge in [-0.3, -0.25) is 9.99 Å². The van der Waals surface area contributed by atoms with E-state index in [4.69, 9.17) is 10.5 Å². The van der Waals surface area contributed by atoms with Crippen molar-refractivity contribution < 1.29 is 20.1 Å². The number of aliphatic hydroxyl groups excluding tert-OH is 3. The number of nitrogens with zero attached hydrogens (tertiary/aromatic N) is 5. The Balaban J connectivity index is 1.84. The number of hydrazone groups is 1. The quantitative estimate of drug-likeness (QED) is 0.330. The molecule has 2 aromatic rings. The van der Waals surface area contributed by atoms with E-state index >= 15 is 0 Å². The Morgan fingerprint density at radius 2 is 2.07 bits per heavy atom. The van der Waals surface area contributed by atoms with E-state index in [1.165, 1.54) is 17.3 Å². The Labute approximate surface area is 161 Å². The molecule has 0 aromatic carbocycles. The van der Waals surface area contributed by atoms with E-state index in [0.29, 0.717) is 17.0 Å². The minimum atomic E-state index is -1.74. The SMILES string of the molecule is C=NN[C@@]1(n2cnc3c(N)nc(C4CCCCC4)nc32)O[C@H](CO)[C@@H](O)[C@H]1O. The molecule has 3 heterocycles. The average Bonchev–Trinajstić information content (AvgIpc) is 3.25. The first-order valence-electron chi connectivity index (χ1n) is 9.40. The minimum Gasteiger partial charge on any atom is -0.394 e. The number of anilines is 1. The lowest BCUT2D eigenvalue weighted by atomic mass is 9.89. The van der Waals surface area contributed by atoms with Crippen LogP contribution in [0.25, 0.3) is 11.2 Å². The van der Waals surface area contributed by atoms with E-state index in [9.17, 15) is 15.3 Å². The van der Waals surface area contributed by atoms with E-state index in [1.54, 1.807) is 0 Å². The molecule has 2 aromatic heterocycles. The van der Waals surface area contributed by atoms with E-state index < -0.39 is 30.8 Å². The molecule has 4 atom stereocenters. The fourth-order valence-corrected chi connectivity index (χ4v) is 4.13. The van der Waals surface area contributed by atoms with Gasteiger partial charge in [0.1, 0.15) is 29.9 Å². The zero-order valence-electron chi connectivity index (χ0n) is 15.4. The summed E-state index contributed by atoms with van der Waals surface area (Å²) in [6.07, 6.45) is 2.93. The van der Waals surface area contributed by atoms with Crippen molar-refractivity contribution >= 4 is 23.7 Å². The van der Waals surface area contributed by atoms with E-state index in [0.717, 1.165) is 25.7 Å². The minimum absolute atomic E-state index is 0.204. The Morgan fingerprint density at radius 1 is 1.32 bits per heavy atom. The molecule has 2 aliphatic rings. The predicted molar refractivity (Wildman–Crippen MR) is 100 cm³/mol. The summed E-state index contributed by atoms with van der Waals surface area (Å²) in [6, 6.07) is 0. The second-order valence-corrected chi connectivity index (χ2v) is 7.33. The van der Waals surface area contributed by atoms with Gasteiger partial charge in [0.15, 0.2) is 17.6 Å². The molecule has 11 nitrogen and oxygen atoms in total. The summed E-state index contributed by atoms with van der Waals surface area (Å²) < 4.78 is 7.19. The standard InChI is InChI=1S/C17H25N7O4/c1-19-23-17(13(27)12(26)10(7-25)28-17)24-8-20-11-14(18)21-15(22-16(11)24)9-5-3-2-4-6-9/h8-10,12-13,23,25-27H,1-7H2,(H2,18,21,22)/t10-,12-,13-,17+/m1/s1. The van der Waals surface area contributed by atoms with Crippen LogP contribution in [0.4, 0.5) is 5.82 Å². The number of hydrogen-bond acceptors (Lipinski definition) is 10. The third-order valence-corrected chi connectivity index (χ3v) is 5.62. The van der Waals surface area contributed by atoms with Gasteiger partial charge in [0.2, 0.25) is 0 Å². The molecule has 1 saturated heterocycles. The lowest BCUT2D eigenvalue weighted by molar-refractivity contribution is -0.167. The van der Waals surface area contributed by atoms with Crippen molar-refractivity contribution in [1.29, 1.82) is 0 Å². The van der Waals surface area contributed by atoms with Crippen LogP contribution in [0.15, 0.2) is 11.4 Å². The van der Waals surface area contributed by atoms with Crippen LogP contribution in [0.3, 0.4) is 0 Å². The predicted octanol–water partition coefficient (Wildman–Crippen LogP) is -0.615. The van der Waals surface area contributed by atoms with Crippen molar-refractivity contribution in [3.63, 3.8) is 0 Å². The maximum absolute atomic E-state index is 10.7. The number of ether oxygens (including phenoxy) is 1. The first-order valence-corrected chi connectivity index (χ1v) is 9.40. The molecule has 28 heavy (non-hydrogen) atoms. The van der Waals surface area contributed by atoms with Gasteiger partial charge in [-0.2, -0.15) is 5.10 Å². The van der Waals surface area contributed by atoms with E-state index in [2.05, 4.69) is 32.2 Å². The molecule has 0 spiro atoms. The molecule has 1 aliphatic carbocycles.